The monoisotopic (exact) mass is 436 g/mol. The second kappa shape index (κ2) is 13.0. The lowest BCUT2D eigenvalue weighted by atomic mass is 9.89. The topological polar surface area (TPSA) is 94.5 Å². The Morgan fingerprint density at radius 2 is 2.03 bits per heavy atom. The van der Waals surface area contributed by atoms with E-state index in [9.17, 15) is 9.59 Å². The van der Waals surface area contributed by atoms with Crippen molar-refractivity contribution in [2.45, 2.75) is 44.2 Å². The van der Waals surface area contributed by atoms with Crippen LogP contribution in [0.3, 0.4) is 0 Å². The lowest BCUT2D eigenvalue weighted by Gasteiger charge is -2.27. The van der Waals surface area contributed by atoms with Gasteiger partial charge in [-0.2, -0.15) is 10.6 Å². The van der Waals surface area contributed by atoms with Crippen LogP contribution in [0, 0.1) is 0 Å². The minimum Gasteiger partial charge on any atom is -0.380 e. The average Bonchev–Trinajstić information content (AvgIpc) is 3.21. The molecule has 0 saturated carbocycles. The van der Waals surface area contributed by atoms with Crippen LogP contribution in [0.4, 0.5) is 0 Å². The minimum atomic E-state index is -0.441. The molecule has 1 aromatic heterocycles. The molecule has 1 heterocycles. The Kier molecular flexibility index (Phi) is 10.3. The van der Waals surface area contributed by atoms with Crippen molar-refractivity contribution in [3.63, 3.8) is 0 Å². The number of benzene rings is 1. The van der Waals surface area contributed by atoms with Gasteiger partial charge in [0, 0.05) is 36.5 Å². The molecular weight excluding hydrogens is 408 g/mol. The van der Waals surface area contributed by atoms with Gasteiger partial charge in [0.15, 0.2) is 0 Å². The van der Waals surface area contributed by atoms with Crippen LogP contribution in [-0.4, -0.2) is 49.0 Å². The molecule has 30 heavy (non-hydrogen) atoms. The zero-order chi connectivity index (χ0) is 21.8. The van der Waals surface area contributed by atoms with Crippen molar-refractivity contribution in [1.82, 2.24) is 20.6 Å². The normalized spacial score (nSPS) is 12.9. The van der Waals surface area contributed by atoms with Crippen molar-refractivity contribution in [3.8, 4) is 0 Å². The SMILES string of the molecule is CNCCCCn1nccc1[C@@H](Cc1ccc(Cl)cc1)[C@@H](CC(=O)NOC=O)OC. The van der Waals surface area contributed by atoms with E-state index in [4.69, 9.17) is 16.3 Å². The number of rotatable bonds is 14. The Morgan fingerprint density at radius 3 is 2.70 bits per heavy atom. The third kappa shape index (κ3) is 7.44. The highest BCUT2D eigenvalue weighted by atomic mass is 35.5. The second-order valence-corrected chi connectivity index (χ2v) is 7.38. The highest BCUT2D eigenvalue weighted by Gasteiger charge is 2.29. The molecule has 0 aliphatic rings. The predicted octanol–water partition coefficient (Wildman–Crippen LogP) is 2.47. The molecule has 0 aliphatic heterocycles. The van der Waals surface area contributed by atoms with Crippen molar-refractivity contribution in [3.05, 3.63) is 52.8 Å². The van der Waals surface area contributed by atoms with E-state index >= 15 is 0 Å². The summed E-state index contributed by atoms with van der Waals surface area (Å²) in [6, 6.07) is 9.58. The summed E-state index contributed by atoms with van der Waals surface area (Å²) in [5.74, 6) is -0.569. The number of aromatic nitrogens is 2. The zero-order valence-electron chi connectivity index (χ0n) is 17.3. The number of aryl methyl sites for hydroxylation is 1. The molecule has 2 rings (SSSR count). The van der Waals surface area contributed by atoms with Gasteiger partial charge < -0.3 is 14.9 Å². The molecule has 1 amide bonds. The first-order valence-corrected chi connectivity index (χ1v) is 10.3. The van der Waals surface area contributed by atoms with Crippen LogP contribution in [-0.2, 0) is 32.1 Å². The van der Waals surface area contributed by atoms with Crippen molar-refractivity contribution >= 4 is 24.0 Å². The van der Waals surface area contributed by atoms with E-state index in [1.54, 1.807) is 13.3 Å². The fourth-order valence-electron chi connectivity index (χ4n) is 3.41. The largest absolute Gasteiger partial charge is 0.380 e. The molecule has 0 unspecified atom stereocenters. The number of nitrogens with one attached hydrogen (secondary N) is 2. The molecular formula is C21H29ClN4O4. The number of hydrogen-bond acceptors (Lipinski definition) is 6. The maximum atomic E-state index is 12.1. The third-order valence-electron chi connectivity index (χ3n) is 4.90. The number of halogens is 1. The first kappa shape index (κ1) is 23.9. The van der Waals surface area contributed by atoms with Crippen LogP contribution >= 0.6 is 11.6 Å². The van der Waals surface area contributed by atoms with Gasteiger partial charge in [-0.05, 0) is 56.6 Å². The summed E-state index contributed by atoms with van der Waals surface area (Å²) in [4.78, 5) is 26.9. The van der Waals surface area contributed by atoms with Gasteiger partial charge in [0.05, 0.1) is 12.5 Å². The highest BCUT2D eigenvalue weighted by molar-refractivity contribution is 6.30. The molecule has 0 aliphatic carbocycles. The second-order valence-electron chi connectivity index (χ2n) is 6.94. The van der Waals surface area contributed by atoms with E-state index in [0.29, 0.717) is 11.4 Å². The summed E-state index contributed by atoms with van der Waals surface area (Å²) >= 11 is 6.02. The smallest absolute Gasteiger partial charge is 0.320 e. The fraction of sp³-hybridized carbons (Fsp3) is 0.476. The van der Waals surface area contributed by atoms with Crippen LogP contribution < -0.4 is 10.8 Å². The van der Waals surface area contributed by atoms with Crippen molar-refractivity contribution in [2.75, 3.05) is 20.7 Å². The van der Waals surface area contributed by atoms with E-state index in [1.165, 1.54) is 0 Å². The number of carbonyl (C=O) groups excluding carboxylic acids is 2. The molecule has 2 N–H and O–H groups in total. The van der Waals surface area contributed by atoms with E-state index in [0.717, 1.165) is 37.2 Å². The highest BCUT2D eigenvalue weighted by Crippen LogP contribution is 2.29. The van der Waals surface area contributed by atoms with E-state index in [2.05, 4.69) is 20.7 Å². The van der Waals surface area contributed by atoms with Crippen LogP contribution in [0.25, 0.3) is 0 Å². The summed E-state index contributed by atoms with van der Waals surface area (Å²) in [6.07, 6.45) is 4.02. The number of hydroxylamine groups is 1. The number of unbranched alkanes of at least 4 members (excludes halogenated alkanes) is 1. The van der Waals surface area contributed by atoms with Gasteiger partial charge in [-0.1, -0.05) is 23.7 Å². The predicted molar refractivity (Wildman–Crippen MR) is 114 cm³/mol. The first-order valence-electron chi connectivity index (χ1n) is 9.90. The summed E-state index contributed by atoms with van der Waals surface area (Å²) in [7, 11) is 3.51. The Bertz CT molecular complexity index is 782. The quantitative estimate of drug-likeness (QED) is 0.268. The van der Waals surface area contributed by atoms with E-state index < -0.39 is 12.0 Å². The minimum absolute atomic E-state index is 0.0352. The van der Waals surface area contributed by atoms with Gasteiger partial charge in [-0.15, -0.1) is 0 Å². The molecule has 1 aromatic carbocycles. The molecule has 8 nitrogen and oxygen atoms in total. The zero-order valence-corrected chi connectivity index (χ0v) is 18.1. The Hall–Kier alpha value is -2.42. The fourth-order valence-corrected chi connectivity index (χ4v) is 3.54. The number of amides is 1. The molecule has 0 spiro atoms. The first-order chi connectivity index (χ1) is 14.6. The van der Waals surface area contributed by atoms with Crippen molar-refractivity contribution < 1.29 is 19.2 Å². The van der Waals surface area contributed by atoms with Crippen LogP contribution in [0.2, 0.25) is 5.02 Å². The molecule has 9 heteroatoms. The number of ether oxygens (including phenoxy) is 1. The van der Waals surface area contributed by atoms with Gasteiger partial charge in [-0.25, -0.2) is 0 Å². The number of methoxy groups -OCH3 is 1. The van der Waals surface area contributed by atoms with Crippen LogP contribution in [0.1, 0.15) is 36.4 Å². The van der Waals surface area contributed by atoms with Crippen molar-refractivity contribution in [2.24, 2.45) is 0 Å². The lowest BCUT2D eigenvalue weighted by Crippen LogP contribution is -2.33. The van der Waals surface area contributed by atoms with Gasteiger partial charge in [0.2, 0.25) is 0 Å². The van der Waals surface area contributed by atoms with Crippen LogP contribution in [0.5, 0.6) is 0 Å². The average molecular weight is 437 g/mol. The molecule has 0 fully saturated rings. The van der Waals surface area contributed by atoms with Gasteiger partial charge in [0.25, 0.3) is 5.91 Å². The van der Waals surface area contributed by atoms with E-state index in [1.807, 2.05) is 42.1 Å². The summed E-state index contributed by atoms with van der Waals surface area (Å²) in [5, 5.41) is 8.30. The Morgan fingerprint density at radius 1 is 1.27 bits per heavy atom. The maximum Gasteiger partial charge on any atom is 0.320 e. The summed E-state index contributed by atoms with van der Waals surface area (Å²) < 4.78 is 7.67. The molecule has 164 valence electrons. The molecule has 0 radical (unpaired) electrons. The van der Waals surface area contributed by atoms with Gasteiger partial charge in [-0.3, -0.25) is 14.3 Å². The molecule has 0 bridgehead atoms. The number of hydrogen-bond donors (Lipinski definition) is 2. The summed E-state index contributed by atoms with van der Waals surface area (Å²) in [5.41, 5.74) is 4.16. The van der Waals surface area contributed by atoms with Crippen LogP contribution in [0.15, 0.2) is 36.5 Å². The summed E-state index contributed by atoms with van der Waals surface area (Å²) in [6.45, 7) is 1.89. The Labute approximate surface area is 181 Å². The molecule has 2 aromatic rings. The molecule has 2 atom stereocenters. The number of nitrogens with zero attached hydrogens (tertiary/aromatic N) is 2. The lowest BCUT2D eigenvalue weighted by molar-refractivity contribution is -0.148. The Balaban J connectivity index is 2.24. The third-order valence-corrected chi connectivity index (χ3v) is 5.16. The molecule has 0 saturated heterocycles. The number of carbonyl (C=O) groups is 2. The van der Waals surface area contributed by atoms with Gasteiger partial charge >= 0.3 is 6.47 Å². The maximum absolute atomic E-state index is 12.1. The van der Waals surface area contributed by atoms with Crippen molar-refractivity contribution in [1.29, 1.82) is 0 Å². The van der Waals surface area contributed by atoms with Gasteiger partial charge in [0.1, 0.15) is 0 Å². The standard InChI is InChI=1S/C21H29ClN4O4/c1-23-10-3-4-12-26-19(9-11-24-26)18(13-16-5-7-17(22)8-6-16)20(29-2)14-21(28)25-30-15-27/h5-9,11,15,18,20,23H,3-4,10,12-14H2,1-2H3,(H,25,28)/t18-,20-/m1/s1. The van der Waals surface area contributed by atoms with E-state index in [-0.39, 0.29) is 18.8 Å².